The number of benzene rings is 1. The molecule has 1 aromatic carbocycles. The highest BCUT2D eigenvalue weighted by Crippen LogP contribution is 2.42. The fourth-order valence-electron chi connectivity index (χ4n) is 4.10. The van der Waals surface area contributed by atoms with Gasteiger partial charge in [-0.1, -0.05) is 0 Å². The van der Waals surface area contributed by atoms with E-state index in [4.69, 9.17) is 10.5 Å². The number of pyridine rings is 1. The molecule has 1 aliphatic heterocycles. The van der Waals surface area contributed by atoms with Gasteiger partial charge in [0.25, 0.3) is 0 Å². The summed E-state index contributed by atoms with van der Waals surface area (Å²) in [5.74, 6) is -3.45. The fraction of sp³-hybridized carbons (Fsp3) is 0.474. The first-order valence-corrected chi connectivity index (χ1v) is 9.33. The molecule has 2 aromatic rings. The van der Waals surface area contributed by atoms with E-state index < -0.39 is 39.7 Å². The van der Waals surface area contributed by atoms with Crippen LogP contribution in [0.1, 0.15) is 29.2 Å². The van der Waals surface area contributed by atoms with Crippen LogP contribution < -0.4 is 21.4 Å². The second-order valence-electron chi connectivity index (χ2n) is 7.50. The smallest absolute Gasteiger partial charge is 0.341 e. The lowest BCUT2D eigenvalue weighted by Crippen LogP contribution is -2.37. The van der Waals surface area contributed by atoms with E-state index in [1.54, 1.807) is 7.05 Å². The fourth-order valence-corrected chi connectivity index (χ4v) is 4.10. The van der Waals surface area contributed by atoms with E-state index in [2.05, 4.69) is 5.32 Å². The first-order valence-electron chi connectivity index (χ1n) is 9.33. The van der Waals surface area contributed by atoms with Crippen molar-refractivity contribution < 1.29 is 23.4 Å². The van der Waals surface area contributed by atoms with E-state index in [1.807, 2.05) is 0 Å². The van der Waals surface area contributed by atoms with Crippen molar-refractivity contribution in [3.05, 3.63) is 33.6 Å². The third kappa shape index (κ3) is 2.94. The zero-order valence-corrected chi connectivity index (χ0v) is 16.0. The predicted octanol–water partition coefficient (Wildman–Crippen LogP) is 1.32. The van der Waals surface area contributed by atoms with E-state index in [1.165, 1.54) is 16.6 Å². The normalized spacial score (nSPS) is 21.9. The Labute approximate surface area is 164 Å². The van der Waals surface area contributed by atoms with Gasteiger partial charge in [0.05, 0.1) is 28.7 Å². The van der Waals surface area contributed by atoms with Crippen molar-refractivity contribution in [3.8, 4) is 0 Å². The number of halogens is 2. The number of carbonyl (C=O) groups is 1. The molecule has 0 amide bonds. The summed E-state index contributed by atoms with van der Waals surface area (Å²) in [6.07, 6.45) is 2.27. The Kier molecular flexibility index (Phi) is 4.70. The van der Waals surface area contributed by atoms with Crippen LogP contribution in [-0.4, -0.2) is 55.0 Å². The molecule has 29 heavy (non-hydrogen) atoms. The quantitative estimate of drug-likeness (QED) is 0.640. The van der Waals surface area contributed by atoms with Crippen molar-refractivity contribution in [3.63, 3.8) is 0 Å². The largest absolute Gasteiger partial charge is 0.477 e. The molecular weight excluding hydrogens is 386 g/mol. The maximum absolute atomic E-state index is 15.7. The monoisotopic (exact) mass is 408 g/mol. The van der Waals surface area contributed by atoms with Crippen molar-refractivity contribution >= 4 is 28.2 Å². The molecule has 2 atom stereocenters. The van der Waals surface area contributed by atoms with Gasteiger partial charge in [-0.05, 0) is 19.9 Å². The molecule has 2 aliphatic rings. The summed E-state index contributed by atoms with van der Waals surface area (Å²) in [6, 6.07) is -0.297. The molecule has 0 radical (unpaired) electrons. The lowest BCUT2D eigenvalue weighted by Gasteiger charge is -2.23. The molecule has 1 aromatic heterocycles. The Balaban J connectivity index is 2.00. The number of nitrogens with one attached hydrogen (secondary N) is 1. The van der Waals surface area contributed by atoms with Crippen LogP contribution in [0.5, 0.6) is 0 Å². The van der Waals surface area contributed by atoms with Gasteiger partial charge < -0.3 is 30.4 Å². The first kappa shape index (κ1) is 19.6. The molecule has 8 nitrogen and oxygen atoms in total. The first-order chi connectivity index (χ1) is 13.8. The lowest BCUT2D eigenvalue weighted by molar-refractivity contribution is 0.0694. The highest BCUT2D eigenvalue weighted by molar-refractivity contribution is 5.99. The average molecular weight is 408 g/mol. The summed E-state index contributed by atoms with van der Waals surface area (Å²) in [6.45, 7) is 0.524. The molecule has 1 saturated heterocycles. The number of carboxylic acid groups (broad SMARTS) is 1. The van der Waals surface area contributed by atoms with Gasteiger partial charge in [0.1, 0.15) is 11.3 Å². The minimum atomic E-state index is -1.46. The number of aromatic carboxylic acids is 1. The van der Waals surface area contributed by atoms with E-state index in [0.717, 1.165) is 6.20 Å². The summed E-state index contributed by atoms with van der Waals surface area (Å²) < 4.78 is 37.7. The molecule has 10 heteroatoms. The number of anilines is 2. The van der Waals surface area contributed by atoms with Crippen LogP contribution in [0.4, 0.5) is 20.2 Å². The number of methoxy groups -OCH3 is 1. The Morgan fingerprint density at radius 2 is 2.00 bits per heavy atom. The van der Waals surface area contributed by atoms with Gasteiger partial charge in [-0.3, -0.25) is 4.79 Å². The van der Waals surface area contributed by atoms with Gasteiger partial charge in [0, 0.05) is 32.4 Å². The predicted molar refractivity (Wildman–Crippen MR) is 104 cm³/mol. The van der Waals surface area contributed by atoms with E-state index in [-0.39, 0.29) is 42.5 Å². The number of hydrogen-bond donors (Lipinski definition) is 3. The molecular formula is C19H22F2N4O4. The minimum Gasteiger partial charge on any atom is -0.477 e. The Morgan fingerprint density at radius 3 is 2.52 bits per heavy atom. The molecule has 4 rings (SSSR count). The lowest BCUT2D eigenvalue weighted by atomic mass is 10.1. The van der Waals surface area contributed by atoms with Crippen molar-refractivity contribution in [2.24, 2.45) is 0 Å². The topological polar surface area (TPSA) is 110 Å². The summed E-state index contributed by atoms with van der Waals surface area (Å²) in [7, 11) is 3.26. The van der Waals surface area contributed by atoms with Crippen LogP contribution >= 0.6 is 0 Å². The summed E-state index contributed by atoms with van der Waals surface area (Å²) in [5, 5.41) is 12.0. The second kappa shape index (κ2) is 6.96. The average Bonchev–Trinajstić information content (AvgIpc) is 3.45. The number of nitrogen functional groups attached to an aromatic ring is 1. The Bertz CT molecular complexity index is 1050. The highest BCUT2D eigenvalue weighted by atomic mass is 19.1. The van der Waals surface area contributed by atoms with Crippen LogP contribution in [-0.2, 0) is 4.74 Å². The summed E-state index contributed by atoms with van der Waals surface area (Å²) in [4.78, 5) is 25.7. The van der Waals surface area contributed by atoms with Gasteiger partial charge >= 0.3 is 5.97 Å². The van der Waals surface area contributed by atoms with Gasteiger partial charge in [-0.25, -0.2) is 13.6 Å². The van der Waals surface area contributed by atoms with Crippen LogP contribution in [0.2, 0.25) is 0 Å². The number of rotatable bonds is 5. The zero-order chi connectivity index (χ0) is 21.0. The van der Waals surface area contributed by atoms with Gasteiger partial charge in [0.15, 0.2) is 11.6 Å². The van der Waals surface area contributed by atoms with Crippen LogP contribution in [0, 0.1) is 11.6 Å². The van der Waals surface area contributed by atoms with E-state index in [0.29, 0.717) is 12.8 Å². The van der Waals surface area contributed by atoms with Gasteiger partial charge in [-0.15, -0.1) is 0 Å². The molecule has 0 spiro atoms. The van der Waals surface area contributed by atoms with Gasteiger partial charge in [0.2, 0.25) is 5.43 Å². The standard InChI is InChI=1S/C19H22F2N4O4/c1-23-10-6-24(7-11(10)29-2)17-13(20)15(22)12-16(14(17)21)25(8-3-4-8)5-9(18(12)26)19(27)28/h5,8,10-11,23H,3-4,6-7,22H2,1-2H3,(H,27,28)/t10-,11+/m1/s1. The number of likely N-dealkylation sites (N-methyl/N-ethyl adjacent to an activating group) is 1. The van der Waals surface area contributed by atoms with Crippen molar-refractivity contribution in [1.29, 1.82) is 0 Å². The number of carboxylic acids is 1. The molecule has 2 heterocycles. The van der Waals surface area contributed by atoms with Crippen molar-refractivity contribution in [2.75, 3.05) is 37.9 Å². The zero-order valence-electron chi connectivity index (χ0n) is 16.0. The minimum absolute atomic E-state index is 0.143. The van der Waals surface area contributed by atoms with E-state index >= 15 is 8.78 Å². The number of nitrogens with zero attached hydrogens (tertiary/aromatic N) is 2. The Morgan fingerprint density at radius 1 is 1.31 bits per heavy atom. The summed E-state index contributed by atoms with van der Waals surface area (Å²) >= 11 is 0. The summed E-state index contributed by atoms with van der Waals surface area (Å²) in [5.41, 5.74) is 3.36. The SMILES string of the molecule is CN[C@@H]1CN(c2c(F)c(N)c3c(=O)c(C(=O)O)cn(C4CC4)c3c2F)C[C@@H]1OC. The van der Waals surface area contributed by atoms with Crippen LogP contribution in [0.15, 0.2) is 11.0 Å². The maximum atomic E-state index is 15.7. The molecule has 156 valence electrons. The number of hydrogen-bond acceptors (Lipinski definition) is 6. The molecule has 4 N–H and O–H groups in total. The molecule has 1 aliphatic carbocycles. The van der Waals surface area contributed by atoms with E-state index in [9.17, 15) is 14.7 Å². The van der Waals surface area contributed by atoms with Crippen LogP contribution in [0.25, 0.3) is 10.9 Å². The maximum Gasteiger partial charge on any atom is 0.341 e. The number of ether oxygens (including phenoxy) is 1. The number of fused-ring (bicyclic) bond motifs is 1. The third-order valence-electron chi connectivity index (χ3n) is 5.79. The third-order valence-corrected chi connectivity index (χ3v) is 5.79. The highest BCUT2D eigenvalue weighted by Gasteiger charge is 2.37. The van der Waals surface area contributed by atoms with Crippen molar-refractivity contribution in [2.45, 2.75) is 31.0 Å². The van der Waals surface area contributed by atoms with Crippen molar-refractivity contribution in [1.82, 2.24) is 9.88 Å². The second-order valence-corrected chi connectivity index (χ2v) is 7.50. The molecule has 0 bridgehead atoms. The van der Waals surface area contributed by atoms with Gasteiger partial charge in [-0.2, -0.15) is 0 Å². The number of aromatic nitrogens is 1. The Hall–Kier alpha value is -2.72. The molecule has 0 unspecified atom stereocenters. The van der Waals surface area contributed by atoms with Crippen LogP contribution in [0.3, 0.4) is 0 Å². The molecule has 1 saturated carbocycles. The number of nitrogens with two attached hydrogens (primary N) is 1. The molecule has 2 fully saturated rings.